The molecule has 0 aromatic heterocycles. The largest absolute Gasteiger partial charge is 0.326 e. The molecule has 0 aliphatic heterocycles. The Morgan fingerprint density at radius 3 is 2.12 bits per heavy atom. The monoisotopic (exact) mass is 129 g/mol. The molecule has 0 aromatic rings. The van der Waals surface area contributed by atoms with E-state index in [0.717, 1.165) is 0 Å². The molecule has 0 atom stereocenters. The van der Waals surface area contributed by atoms with Crippen molar-refractivity contribution in [3.63, 3.8) is 0 Å². The van der Waals surface area contributed by atoms with Crippen LogP contribution in [-0.2, 0) is 0 Å². The third-order valence-corrected chi connectivity index (χ3v) is 2.95. The Kier molecular flexibility index (Phi) is 5.01. The first-order valence-corrected chi connectivity index (χ1v) is 4.63. The fourth-order valence-corrected chi connectivity index (χ4v) is 1.55. The third-order valence-electron chi connectivity index (χ3n) is 1.28. The highest BCUT2D eigenvalue weighted by molar-refractivity contribution is 6.38. The molecule has 0 saturated carbocycles. The van der Waals surface area contributed by atoms with Crippen LogP contribution in [0.3, 0.4) is 0 Å². The standard InChI is InChI=1S/C6H15NSi/c1-4-7(5-2)8-6-3/h6H,3-5,8H2,1-2H3. The maximum Gasteiger partial charge on any atom is 0.119 e. The zero-order chi connectivity index (χ0) is 6.41. The molecule has 0 aromatic carbocycles. The summed E-state index contributed by atoms with van der Waals surface area (Å²) in [4.78, 5) is 0. The summed E-state index contributed by atoms with van der Waals surface area (Å²) >= 11 is 0. The molecular formula is C6H15NSi. The second-order valence-electron chi connectivity index (χ2n) is 1.77. The molecule has 8 heavy (non-hydrogen) atoms. The van der Waals surface area contributed by atoms with E-state index in [1.165, 1.54) is 13.1 Å². The molecule has 0 aliphatic carbocycles. The van der Waals surface area contributed by atoms with Gasteiger partial charge in [0.25, 0.3) is 0 Å². The molecule has 0 bridgehead atoms. The molecule has 0 heterocycles. The van der Waals surface area contributed by atoms with Crippen molar-refractivity contribution in [2.24, 2.45) is 0 Å². The van der Waals surface area contributed by atoms with E-state index < -0.39 is 0 Å². The zero-order valence-corrected chi connectivity index (χ0v) is 7.27. The van der Waals surface area contributed by atoms with Crippen molar-refractivity contribution >= 4 is 9.68 Å². The number of hydrogen-bond donors (Lipinski definition) is 0. The molecule has 0 unspecified atom stereocenters. The van der Waals surface area contributed by atoms with Gasteiger partial charge in [0.15, 0.2) is 0 Å². The van der Waals surface area contributed by atoms with Gasteiger partial charge in [0.1, 0.15) is 9.68 Å². The van der Waals surface area contributed by atoms with Crippen LogP contribution in [0.15, 0.2) is 12.3 Å². The van der Waals surface area contributed by atoms with Gasteiger partial charge in [-0.25, -0.2) is 0 Å². The Bertz CT molecular complexity index is 59.5. The maximum atomic E-state index is 3.72. The van der Waals surface area contributed by atoms with Crippen LogP contribution >= 0.6 is 0 Å². The Hall–Kier alpha value is -0.0831. The van der Waals surface area contributed by atoms with Crippen LogP contribution in [-0.4, -0.2) is 27.3 Å². The summed E-state index contributed by atoms with van der Waals surface area (Å²) in [6, 6.07) is 0. The summed E-state index contributed by atoms with van der Waals surface area (Å²) < 4.78 is 2.45. The topological polar surface area (TPSA) is 3.24 Å². The van der Waals surface area contributed by atoms with E-state index in [2.05, 4.69) is 30.7 Å². The minimum absolute atomic E-state index is 0.0671. The fourth-order valence-electron chi connectivity index (χ4n) is 0.664. The Morgan fingerprint density at radius 2 is 2.00 bits per heavy atom. The lowest BCUT2D eigenvalue weighted by molar-refractivity contribution is 0.498. The van der Waals surface area contributed by atoms with Crippen molar-refractivity contribution < 1.29 is 0 Å². The van der Waals surface area contributed by atoms with Crippen LogP contribution in [0.1, 0.15) is 13.8 Å². The average molecular weight is 129 g/mol. The molecular weight excluding hydrogens is 114 g/mol. The molecule has 0 fully saturated rings. The van der Waals surface area contributed by atoms with Gasteiger partial charge in [-0.3, -0.25) is 0 Å². The van der Waals surface area contributed by atoms with E-state index in [1.54, 1.807) is 0 Å². The lowest BCUT2D eigenvalue weighted by atomic mass is 10.7. The van der Waals surface area contributed by atoms with Gasteiger partial charge in [0.2, 0.25) is 0 Å². The van der Waals surface area contributed by atoms with Crippen molar-refractivity contribution in [3.8, 4) is 0 Å². The average Bonchev–Trinajstić information content (AvgIpc) is 1.83. The van der Waals surface area contributed by atoms with Crippen molar-refractivity contribution in [3.05, 3.63) is 12.3 Å². The summed E-state index contributed by atoms with van der Waals surface area (Å²) in [7, 11) is -0.0671. The summed E-state index contributed by atoms with van der Waals surface area (Å²) in [5.41, 5.74) is 2.08. The first-order chi connectivity index (χ1) is 3.85. The SMILES string of the molecule is C=C[SiH2]N(CC)CC. The van der Waals surface area contributed by atoms with Crippen molar-refractivity contribution in [1.29, 1.82) is 0 Å². The minimum atomic E-state index is -0.0671. The zero-order valence-electron chi connectivity index (χ0n) is 5.85. The van der Waals surface area contributed by atoms with Crippen LogP contribution in [0.2, 0.25) is 0 Å². The molecule has 0 radical (unpaired) electrons. The number of rotatable bonds is 4. The van der Waals surface area contributed by atoms with Gasteiger partial charge in [-0.1, -0.05) is 19.5 Å². The van der Waals surface area contributed by atoms with E-state index in [-0.39, 0.29) is 9.68 Å². The van der Waals surface area contributed by atoms with E-state index in [9.17, 15) is 0 Å². The lowest BCUT2D eigenvalue weighted by Gasteiger charge is -2.13. The van der Waals surface area contributed by atoms with Crippen molar-refractivity contribution in [1.82, 2.24) is 4.57 Å². The van der Waals surface area contributed by atoms with E-state index in [1.807, 2.05) is 0 Å². The van der Waals surface area contributed by atoms with Crippen LogP contribution in [0.25, 0.3) is 0 Å². The molecule has 0 aliphatic rings. The Balaban J connectivity index is 3.20. The van der Waals surface area contributed by atoms with Gasteiger partial charge in [-0.15, -0.1) is 6.58 Å². The molecule has 0 N–H and O–H groups in total. The molecule has 48 valence electrons. The Labute approximate surface area is 54.3 Å². The molecule has 2 heteroatoms. The second-order valence-corrected chi connectivity index (χ2v) is 3.61. The summed E-state index contributed by atoms with van der Waals surface area (Å²) in [6.45, 7) is 10.5. The summed E-state index contributed by atoms with van der Waals surface area (Å²) in [5.74, 6) is 0. The fraction of sp³-hybridized carbons (Fsp3) is 0.667. The summed E-state index contributed by atoms with van der Waals surface area (Å²) in [6.07, 6.45) is 0. The second kappa shape index (κ2) is 5.06. The first kappa shape index (κ1) is 7.92. The number of hydrogen-bond acceptors (Lipinski definition) is 1. The highest BCUT2D eigenvalue weighted by Crippen LogP contribution is 1.81. The third kappa shape index (κ3) is 2.99. The maximum absolute atomic E-state index is 3.72. The van der Waals surface area contributed by atoms with E-state index in [0.29, 0.717) is 0 Å². The normalized spacial score (nSPS) is 11.4. The van der Waals surface area contributed by atoms with Crippen molar-refractivity contribution in [2.75, 3.05) is 13.1 Å². The van der Waals surface area contributed by atoms with E-state index >= 15 is 0 Å². The predicted octanol–water partition coefficient (Wildman–Crippen LogP) is 0.555. The first-order valence-electron chi connectivity index (χ1n) is 3.18. The molecule has 0 amide bonds. The highest BCUT2D eigenvalue weighted by Gasteiger charge is 1.91. The Morgan fingerprint density at radius 1 is 1.50 bits per heavy atom. The van der Waals surface area contributed by atoms with Crippen molar-refractivity contribution in [2.45, 2.75) is 13.8 Å². The molecule has 0 saturated heterocycles. The van der Waals surface area contributed by atoms with Gasteiger partial charge in [0, 0.05) is 0 Å². The van der Waals surface area contributed by atoms with E-state index in [4.69, 9.17) is 0 Å². The smallest absolute Gasteiger partial charge is 0.119 e. The number of nitrogens with zero attached hydrogens (tertiary/aromatic N) is 1. The van der Waals surface area contributed by atoms with Gasteiger partial charge >= 0.3 is 0 Å². The highest BCUT2D eigenvalue weighted by atomic mass is 28.2. The quantitative estimate of drug-likeness (QED) is 0.501. The van der Waals surface area contributed by atoms with Gasteiger partial charge in [-0.05, 0) is 13.1 Å². The summed E-state index contributed by atoms with van der Waals surface area (Å²) in [5, 5.41) is 0. The lowest BCUT2D eigenvalue weighted by Crippen LogP contribution is -2.25. The van der Waals surface area contributed by atoms with Gasteiger partial charge in [-0.2, -0.15) is 0 Å². The van der Waals surface area contributed by atoms with Gasteiger partial charge in [0.05, 0.1) is 0 Å². The minimum Gasteiger partial charge on any atom is -0.326 e. The van der Waals surface area contributed by atoms with Crippen LogP contribution in [0.4, 0.5) is 0 Å². The van der Waals surface area contributed by atoms with Crippen LogP contribution in [0, 0.1) is 0 Å². The van der Waals surface area contributed by atoms with Crippen LogP contribution in [0.5, 0.6) is 0 Å². The van der Waals surface area contributed by atoms with Gasteiger partial charge < -0.3 is 4.57 Å². The van der Waals surface area contributed by atoms with Crippen LogP contribution < -0.4 is 0 Å². The molecule has 1 nitrogen and oxygen atoms in total. The predicted molar refractivity (Wildman–Crippen MR) is 41.7 cm³/mol. The molecule has 0 rings (SSSR count). The molecule has 0 spiro atoms.